The van der Waals surface area contributed by atoms with Gasteiger partial charge in [-0.25, -0.2) is 13.8 Å². The number of nitrogens with zero attached hydrogens (tertiary/aromatic N) is 4. The monoisotopic (exact) mass is 428 g/mol. The molecule has 3 atom stereocenters. The van der Waals surface area contributed by atoms with Crippen molar-refractivity contribution in [2.75, 3.05) is 23.8 Å². The minimum absolute atomic E-state index is 0.0625. The van der Waals surface area contributed by atoms with E-state index in [1.54, 1.807) is 0 Å². The van der Waals surface area contributed by atoms with Crippen LogP contribution in [0.2, 0.25) is 5.02 Å². The van der Waals surface area contributed by atoms with Gasteiger partial charge in [-0.3, -0.25) is 4.68 Å². The summed E-state index contributed by atoms with van der Waals surface area (Å²) >= 11 is 6.09. The topological polar surface area (TPSA) is 86.1 Å². The largest absolute Gasteiger partial charge is 0.475 e. The van der Waals surface area contributed by atoms with Gasteiger partial charge in [-0.15, -0.1) is 5.10 Å². The lowest BCUT2D eigenvalue weighted by molar-refractivity contribution is 0.00288. The Hall–Kier alpha value is -2.20. The second kappa shape index (κ2) is 8.27. The predicted octanol–water partition coefficient (Wildman–Crippen LogP) is 3.95. The first-order valence-electron chi connectivity index (χ1n) is 9.60. The summed E-state index contributed by atoms with van der Waals surface area (Å²) < 4.78 is 40.3. The summed E-state index contributed by atoms with van der Waals surface area (Å²) in [6.45, 7) is 4.70. The van der Waals surface area contributed by atoms with Crippen LogP contribution in [-0.2, 0) is 4.74 Å². The molecule has 2 N–H and O–H groups in total. The third-order valence-electron chi connectivity index (χ3n) is 5.20. The third kappa shape index (κ3) is 4.23. The van der Waals surface area contributed by atoms with Gasteiger partial charge in [-0.05, 0) is 26.7 Å². The molecule has 29 heavy (non-hydrogen) atoms. The molecule has 0 radical (unpaired) electrons. The maximum Gasteiger partial charge on any atom is 0.258 e. The van der Waals surface area contributed by atoms with Crippen molar-refractivity contribution in [3.63, 3.8) is 0 Å². The molecule has 0 aromatic carbocycles. The van der Waals surface area contributed by atoms with Crippen molar-refractivity contribution in [3.8, 4) is 5.88 Å². The van der Waals surface area contributed by atoms with Gasteiger partial charge in [0.2, 0.25) is 5.95 Å². The fourth-order valence-corrected chi connectivity index (χ4v) is 3.79. The minimum atomic E-state index is -2.61. The van der Waals surface area contributed by atoms with Crippen LogP contribution in [0.4, 0.5) is 26.2 Å². The first-order valence-corrected chi connectivity index (χ1v) is 9.98. The van der Waals surface area contributed by atoms with Gasteiger partial charge in [0.25, 0.3) is 12.3 Å². The number of halogens is 3. The Morgan fingerprint density at radius 1 is 1.31 bits per heavy atom. The third-order valence-corrected chi connectivity index (χ3v) is 5.47. The summed E-state index contributed by atoms with van der Waals surface area (Å²) in [5.74, 6) is 0.720. The van der Waals surface area contributed by atoms with Crippen LogP contribution >= 0.6 is 11.6 Å². The van der Waals surface area contributed by atoms with Gasteiger partial charge in [0, 0.05) is 13.0 Å². The second-order valence-electron chi connectivity index (χ2n) is 7.31. The molecule has 2 aromatic heterocycles. The zero-order valence-corrected chi connectivity index (χ0v) is 16.9. The summed E-state index contributed by atoms with van der Waals surface area (Å²) in [4.78, 5) is 8.43. The number of aromatic nitrogens is 4. The van der Waals surface area contributed by atoms with E-state index in [1.165, 1.54) is 6.20 Å². The summed E-state index contributed by atoms with van der Waals surface area (Å²) in [5, 5.41) is 10.6. The van der Waals surface area contributed by atoms with Crippen molar-refractivity contribution in [2.24, 2.45) is 0 Å². The van der Waals surface area contributed by atoms with E-state index in [0.717, 1.165) is 18.5 Å². The highest BCUT2D eigenvalue weighted by Gasteiger charge is 2.28. The van der Waals surface area contributed by atoms with Gasteiger partial charge >= 0.3 is 0 Å². The zero-order valence-electron chi connectivity index (χ0n) is 16.2. The fourth-order valence-electron chi connectivity index (χ4n) is 3.65. The highest BCUT2D eigenvalue weighted by Crippen LogP contribution is 2.36. The molecular formula is C18H23ClF2N6O2. The standard InChI is InChI=1S/C18H23ClF2N6O2/c1-9-7-11(3-5-28-9)27-10(2)14-17(26-27)29-6-4-13(15(20)21)23-16-12(19)8-22-18(24-14)25-16/h8-9,11,13,15H,3-7H2,1-2H3,(H2,22,23,24,25). The summed E-state index contributed by atoms with van der Waals surface area (Å²) in [7, 11) is 0. The van der Waals surface area contributed by atoms with E-state index in [1.807, 2.05) is 18.5 Å². The number of rotatable bonds is 2. The van der Waals surface area contributed by atoms with Gasteiger partial charge in [-0.1, -0.05) is 11.6 Å². The molecule has 1 fully saturated rings. The number of ether oxygens (including phenoxy) is 2. The van der Waals surface area contributed by atoms with Gasteiger partial charge < -0.3 is 20.1 Å². The lowest BCUT2D eigenvalue weighted by Crippen LogP contribution is -2.30. The molecule has 0 aliphatic carbocycles. The van der Waals surface area contributed by atoms with Gasteiger partial charge in [0.05, 0.1) is 36.7 Å². The number of hydrogen-bond donors (Lipinski definition) is 2. The van der Waals surface area contributed by atoms with E-state index in [4.69, 9.17) is 21.1 Å². The molecule has 3 unspecified atom stereocenters. The summed E-state index contributed by atoms with van der Waals surface area (Å²) in [6.07, 6.45) is 0.644. The van der Waals surface area contributed by atoms with Crippen LogP contribution in [0.15, 0.2) is 6.20 Å². The zero-order chi connectivity index (χ0) is 20.5. The number of alkyl halides is 2. The van der Waals surface area contributed by atoms with Crippen LogP contribution < -0.4 is 15.4 Å². The summed E-state index contributed by atoms with van der Waals surface area (Å²) in [6, 6.07) is -0.988. The normalized spacial score (nSPS) is 24.7. The van der Waals surface area contributed by atoms with E-state index in [9.17, 15) is 8.78 Å². The van der Waals surface area contributed by atoms with Crippen LogP contribution in [0.3, 0.4) is 0 Å². The Balaban J connectivity index is 1.71. The van der Waals surface area contributed by atoms with Crippen LogP contribution in [0.1, 0.15) is 37.9 Å². The average molecular weight is 429 g/mol. The first kappa shape index (κ1) is 20.1. The first-order chi connectivity index (χ1) is 13.9. The number of nitrogens with one attached hydrogen (secondary N) is 2. The van der Waals surface area contributed by atoms with Crippen molar-refractivity contribution in [3.05, 3.63) is 16.9 Å². The SMILES string of the molecule is Cc1c2c(nn1C1CCOC(C)C1)OCCC(C(F)F)Nc1nc(ncc1Cl)N2. The molecular weight excluding hydrogens is 406 g/mol. The smallest absolute Gasteiger partial charge is 0.258 e. The van der Waals surface area contributed by atoms with Crippen molar-refractivity contribution in [2.45, 2.75) is 57.7 Å². The predicted molar refractivity (Wildman–Crippen MR) is 105 cm³/mol. The van der Waals surface area contributed by atoms with E-state index >= 15 is 0 Å². The van der Waals surface area contributed by atoms with Crippen LogP contribution in [0.5, 0.6) is 5.88 Å². The van der Waals surface area contributed by atoms with E-state index < -0.39 is 12.5 Å². The molecule has 1 saturated heterocycles. The van der Waals surface area contributed by atoms with Crippen LogP contribution in [0, 0.1) is 6.92 Å². The lowest BCUT2D eigenvalue weighted by Gasteiger charge is -2.28. The Morgan fingerprint density at radius 2 is 2.14 bits per heavy atom. The number of fused-ring (bicyclic) bond motifs is 3. The highest BCUT2D eigenvalue weighted by atomic mass is 35.5. The quantitative estimate of drug-likeness (QED) is 0.749. The maximum absolute atomic E-state index is 13.5. The van der Waals surface area contributed by atoms with Crippen molar-refractivity contribution < 1.29 is 18.3 Å². The van der Waals surface area contributed by atoms with E-state index in [0.29, 0.717) is 18.2 Å². The van der Waals surface area contributed by atoms with Gasteiger partial charge in [-0.2, -0.15) is 4.98 Å². The van der Waals surface area contributed by atoms with E-state index in [2.05, 4.69) is 25.7 Å². The van der Waals surface area contributed by atoms with Gasteiger partial charge in [0.15, 0.2) is 5.82 Å². The van der Waals surface area contributed by atoms with Crippen molar-refractivity contribution in [1.82, 2.24) is 19.7 Å². The molecule has 2 aliphatic rings. The van der Waals surface area contributed by atoms with E-state index in [-0.39, 0.29) is 42.0 Å². The van der Waals surface area contributed by atoms with Crippen LogP contribution in [0.25, 0.3) is 0 Å². The molecule has 0 amide bonds. The van der Waals surface area contributed by atoms with Gasteiger partial charge in [0.1, 0.15) is 10.7 Å². The van der Waals surface area contributed by atoms with Crippen LogP contribution in [-0.4, -0.2) is 51.5 Å². The molecule has 0 spiro atoms. The maximum atomic E-state index is 13.5. The highest BCUT2D eigenvalue weighted by molar-refractivity contribution is 6.32. The fraction of sp³-hybridized carbons (Fsp3) is 0.611. The molecule has 8 nitrogen and oxygen atoms in total. The average Bonchev–Trinajstić information content (AvgIpc) is 2.97. The molecule has 158 valence electrons. The molecule has 2 bridgehead atoms. The number of hydrogen-bond acceptors (Lipinski definition) is 7. The molecule has 11 heteroatoms. The number of anilines is 3. The Bertz CT molecular complexity index is 880. The lowest BCUT2D eigenvalue weighted by atomic mass is 10.0. The second-order valence-corrected chi connectivity index (χ2v) is 7.71. The molecule has 2 aliphatic heterocycles. The molecule has 0 saturated carbocycles. The Morgan fingerprint density at radius 3 is 2.90 bits per heavy atom. The Labute approximate surface area is 171 Å². The minimum Gasteiger partial charge on any atom is -0.475 e. The molecule has 4 heterocycles. The van der Waals surface area contributed by atoms with Crippen molar-refractivity contribution in [1.29, 1.82) is 0 Å². The molecule has 4 rings (SSSR count). The Kier molecular flexibility index (Phi) is 5.73. The summed E-state index contributed by atoms with van der Waals surface area (Å²) in [5.41, 5.74) is 1.48. The molecule has 2 aromatic rings. The van der Waals surface area contributed by atoms with Crippen molar-refractivity contribution >= 4 is 29.1 Å².